The maximum atomic E-state index is 13.2. The summed E-state index contributed by atoms with van der Waals surface area (Å²) in [4.78, 5) is 37.9. The normalized spacial score (nSPS) is 23.1. The molecule has 2 aromatic heterocycles. The fourth-order valence-corrected chi connectivity index (χ4v) is 3.96. The van der Waals surface area contributed by atoms with Crippen molar-refractivity contribution < 1.29 is 9.59 Å². The highest BCUT2D eigenvalue weighted by Gasteiger charge is 2.50. The van der Waals surface area contributed by atoms with Gasteiger partial charge in [0.25, 0.3) is 5.91 Å². The molecule has 0 N–H and O–H groups in total. The summed E-state index contributed by atoms with van der Waals surface area (Å²) in [6, 6.07) is 0. The van der Waals surface area contributed by atoms with E-state index in [4.69, 9.17) is 0 Å². The Hall–Kier alpha value is -2.77. The number of likely N-dealkylation sites (tertiary alicyclic amines) is 1. The zero-order valence-electron chi connectivity index (χ0n) is 15.1. The van der Waals surface area contributed by atoms with E-state index in [2.05, 4.69) is 15.1 Å². The van der Waals surface area contributed by atoms with Gasteiger partial charge in [-0.2, -0.15) is 5.10 Å². The number of rotatable bonds is 2. The van der Waals surface area contributed by atoms with Crippen LogP contribution < -0.4 is 4.90 Å². The fraction of sp³-hybridized carbons (Fsp3) is 0.500. The van der Waals surface area contributed by atoms with Crippen molar-refractivity contribution in [2.45, 2.75) is 26.2 Å². The Labute approximate surface area is 151 Å². The largest absolute Gasteiger partial charge is 0.336 e. The SMILES string of the molecule is Cc1cnc(C(=O)N2CCC[C@@]3(CCN(c4cnn(C)c4)C3=O)C2)cn1. The third-order valence-electron chi connectivity index (χ3n) is 5.38. The van der Waals surface area contributed by atoms with E-state index in [0.717, 1.165) is 30.6 Å². The van der Waals surface area contributed by atoms with E-state index < -0.39 is 5.41 Å². The van der Waals surface area contributed by atoms with Gasteiger partial charge in [0, 0.05) is 39.1 Å². The van der Waals surface area contributed by atoms with Crippen LogP contribution in [0.5, 0.6) is 0 Å². The topological polar surface area (TPSA) is 84.2 Å². The Balaban J connectivity index is 1.53. The lowest BCUT2D eigenvalue weighted by Crippen LogP contribution is -2.50. The molecule has 0 radical (unpaired) electrons. The number of aryl methyl sites for hydroxylation is 2. The predicted molar refractivity (Wildman–Crippen MR) is 94.5 cm³/mol. The molecular weight excluding hydrogens is 332 g/mol. The molecule has 4 rings (SSSR count). The first-order valence-electron chi connectivity index (χ1n) is 8.87. The van der Waals surface area contributed by atoms with E-state index in [0.29, 0.717) is 25.3 Å². The lowest BCUT2D eigenvalue weighted by Gasteiger charge is -2.38. The Morgan fingerprint density at radius 2 is 2.00 bits per heavy atom. The van der Waals surface area contributed by atoms with Gasteiger partial charge in [0.1, 0.15) is 5.69 Å². The molecule has 8 nitrogen and oxygen atoms in total. The van der Waals surface area contributed by atoms with E-state index in [1.54, 1.807) is 26.9 Å². The summed E-state index contributed by atoms with van der Waals surface area (Å²) in [7, 11) is 1.84. The molecule has 0 aromatic carbocycles. The van der Waals surface area contributed by atoms with Crippen molar-refractivity contribution in [2.24, 2.45) is 12.5 Å². The first-order chi connectivity index (χ1) is 12.5. The van der Waals surface area contributed by atoms with Crippen LogP contribution >= 0.6 is 0 Å². The predicted octanol–water partition coefficient (Wildman–Crippen LogP) is 1.18. The van der Waals surface area contributed by atoms with Gasteiger partial charge in [0.05, 0.1) is 29.2 Å². The van der Waals surface area contributed by atoms with Crippen LogP contribution in [0, 0.1) is 12.3 Å². The number of hydrogen-bond donors (Lipinski definition) is 0. The van der Waals surface area contributed by atoms with Crippen molar-refractivity contribution in [3.63, 3.8) is 0 Å². The van der Waals surface area contributed by atoms with Crippen LogP contribution in [0.4, 0.5) is 5.69 Å². The molecule has 1 spiro atoms. The quantitative estimate of drug-likeness (QED) is 0.808. The molecule has 2 aliphatic heterocycles. The second kappa shape index (κ2) is 6.19. The van der Waals surface area contributed by atoms with Gasteiger partial charge in [0.15, 0.2) is 0 Å². The zero-order valence-corrected chi connectivity index (χ0v) is 15.1. The lowest BCUT2D eigenvalue weighted by atomic mass is 9.78. The van der Waals surface area contributed by atoms with Crippen LogP contribution in [-0.4, -0.2) is 56.1 Å². The summed E-state index contributed by atoms with van der Waals surface area (Å²) in [5.41, 5.74) is 1.43. The molecule has 2 aromatic rings. The number of aromatic nitrogens is 4. The van der Waals surface area contributed by atoms with Crippen molar-refractivity contribution in [2.75, 3.05) is 24.5 Å². The van der Waals surface area contributed by atoms with Crippen molar-refractivity contribution >= 4 is 17.5 Å². The van der Waals surface area contributed by atoms with Gasteiger partial charge in [-0.3, -0.25) is 19.3 Å². The maximum Gasteiger partial charge on any atom is 0.274 e. The Bertz CT molecular complexity index is 846. The van der Waals surface area contributed by atoms with Crippen LogP contribution in [0.25, 0.3) is 0 Å². The van der Waals surface area contributed by atoms with Gasteiger partial charge < -0.3 is 9.80 Å². The minimum atomic E-state index is -0.498. The van der Waals surface area contributed by atoms with Crippen LogP contribution in [0.2, 0.25) is 0 Å². The molecule has 0 unspecified atom stereocenters. The number of carbonyl (C=O) groups excluding carboxylic acids is 2. The second-order valence-electron chi connectivity index (χ2n) is 7.23. The van der Waals surface area contributed by atoms with Gasteiger partial charge in [-0.15, -0.1) is 0 Å². The highest BCUT2D eigenvalue weighted by atomic mass is 16.2. The van der Waals surface area contributed by atoms with Crippen molar-refractivity contribution in [1.82, 2.24) is 24.6 Å². The van der Waals surface area contributed by atoms with E-state index in [1.165, 1.54) is 6.20 Å². The van der Waals surface area contributed by atoms with Gasteiger partial charge in [0.2, 0.25) is 5.91 Å². The monoisotopic (exact) mass is 354 g/mol. The van der Waals surface area contributed by atoms with Crippen LogP contribution in [0.1, 0.15) is 35.4 Å². The van der Waals surface area contributed by atoms with Gasteiger partial charge in [-0.25, -0.2) is 4.98 Å². The van der Waals surface area contributed by atoms with Gasteiger partial charge >= 0.3 is 0 Å². The Kier molecular flexibility index (Phi) is 3.97. The van der Waals surface area contributed by atoms with E-state index in [-0.39, 0.29) is 11.8 Å². The highest BCUT2D eigenvalue weighted by molar-refractivity contribution is 6.00. The average Bonchev–Trinajstić information content (AvgIpc) is 3.20. The molecule has 0 aliphatic carbocycles. The minimum absolute atomic E-state index is 0.0954. The summed E-state index contributed by atoms with van der Waals surface area (Å²) in [5.74, 6) is -0.0535. The van der Waals surface area contributed by atoms with Gasteiger partial charge in [-0.05, 0) is 26.2 Å². The number of hydrogen-bond acceptors (Lipinski definition) is 5. The smallest absolute Gasteiger partial charge is 0.274 e. The first kappa shape index (κ1) is 16.7. The molecule has 4 heterocycles. The molecule has 2 amide bonds. The van der Waals surface area contributed by atoms with Crippen molar-refractivity contribution in [3.8, 4) is 0 Å². The molecular formula is C18H22N6O2. The summed E-state index contributed by atoms with van der Waals surface area (Å²) in [5, 5.41) is 4.16. The second-order valence-corrected chi connectivity index (χ2v) is 7.23. The molecule has 0 bridgehead atoms. The van der Waals surface area contributed by atoms with Crippen LogP contribution in [-0.2, 0) is 11.8 Å². The third kappa shape index (κ3) is 2.75. The molecule has 8 heteroatoms. The standard InChI is InChI=1S/C18H22N6O2/c1-13-8-20-15(10-19-13)16(25)23-6-3-4-18(12-23)5-7-24(17(18)26)14-9-21-22(2)11-14/h8-11H,3-7,12H2,1-2H3/t18-/m1/s1. The molecule has 2 aliphatic rings. The summed E-state index contributed by atoms with van der Waals surface area (Å²) in [6.45, 7) is 3.59. The fourth-order valence-electron chi connectivity index (χ4n) is 3.96. The molecule has 2 fully saturated rings. The number of amides is 2. The summed E-state index contributed by atoms with van der Waals surface area (Å²) in [6.07, 6.45) is 9.05. The van der Waals surface area contributed by atoms with Crippen LogP contribution in [0.15, 0.2) is 24.8 Å². The lowest BCUT2D eigenvalue weighted by molar-refractivity contribution is -0.127. The average molecular weight is 354 g/mol. The number of carbonyl (C=O) groups is 2. The highest BCUT2D eigenvalue weighted by Crippen LogP contribution is 2.42. The summed E-state index contributed by atoms with van der Waals surface area (Å²) < 4.78 is 1.69. The number of piperidine rings is 1. The molecule has 26 heavy (non-hydrogen) atoms. The maximum absolute atomic E-state index is 13.2. The van der Waals surface area contributed by atoms with Crippen LogP contribution in [0.3, 0.4) is 0 Å². The molecule has 2 saturated heterocycles. The minimum Gasteiger partial charge on any atom is -0.336 e. The number of nitrogens with zero attached hydrogens (tertiary/aromatic N) is 6. The van der Waals surface area contributed by atoms with E-state index >= 15 is 0 Å². The zero-order chi connectivity index (χ0) is 18.3. The number of anilines is 1. The first-order valence-corrected chi connectivity index (χ1v) is 8.87. The Morgan fingerprint density at radius 1 is 1.15 bits per heavy atom. The van der Waals surface area contributed by atoms with Crippen molar-refractivity contribution in [1.29, 1.82) is 0 Å². The van der Waals surface area contributed by atoms with E-state index in [9.17, 15) is 9.59 Å². The summed E-state index contributed by atoms with van der Waals surface area (Å²) >= 11 is 0. The Morgan fingerprint density at radius 3 is 2.69 bits per heavy atom. The molecule has 0 saturated carbocycles. The van der Waals surface area contributed by atoms with Gasteiger partial charge in [-0.1, -0.05) is 0 Å². The third-order valence-corrected chi connectivity index (χ3v) is 5.38. The van der Waals surface area contributed by atoms with Crippen molar-refractivity contribution in [3.05, 3.63) is 36.2 Å². The molecule has 1 atom stereocenters. The van der Waals surface area contributed by atoms with E-state index in [1.807, 2.05) is 20.2 Å². The molecule has 136 valence electrons.